The third-order valence-electron chi connectivity index (χ3n) is 5.57. The van der Waals surface area contributed by atoms with E-state index in [1.54, 1.807) is 31.5 Å². The number of benzene rings is 2. The van der Waals surface area contributed by atoms with Crippen molar-refractivity contribution in [2.24, 2.45) is 0 Å². The molecule has 4 aromatic rings. The van der Waals surface area contributed by atoms with Crippen molar-refractivity contribution < 1.29 is 9.13 Å². The molecule has 32 heavy (non-hydrogen) atoms. The Bertz CT molecular complexity index is 1220. The maximum absolute atomic E-state index is 14.3. The number of nitrogens with zero attached hydrogens (tertiary/aromatic N) is 4. The zero-order chi connectivity index (χ0) is 21.9. The minimum absolute atomic E-state index is 0.194. The first kappa shape index (κ1) is 20.2. The van der Waals surface area contributed by atoms with Gasteiger partial charge in [0.25, 0.3) is 0 Å². The van der Waals surface area contributed by atoms with E-state index in [1.165, 1.54) is 6.07 Å². The summed E-state index contributed by atoms with van der Waals surface area (Å²) in [6.45, 7) is 1.82. The van der Waals surface area contributed by atoms with Crippen molar-refractivity contribution in [1.29, 1.82) is 0 Å². The number of rotatable bonds is 6. The van der Waals surface area contributed by atoms with Gasteiger partial charge in [0.2, 0.25) is 11.9 Å². The highest BCUT2D eigenvalue weighted by Gasteiger charge is 2.23. The van der Waals surface area contributed by atoms with E-state index in [0.29, 0.717) is 28.7 Å². The van der Waals surface area contributed by atoms with Gasteiger partial charge in [0.15, 0.2) is 5.65 Å². The van der Waals surface area contributed by atoms with Crippen LogP contribution in [0.15, 0.2) is 54.7 Å². The van der Waals surface area contributed by atoms with E-state index in [-0.39, 0.29) is 11.9 Å². The molecule has 1 fully saturated rings. The monoisotopic (exact) mass is 433 g/mol. The number of para-hydroxylation sites is 1. The summed E-state index contributed by atoms with van der Waals surface area (Å²) in [7, 11) is 1.63. The summed E-state index contributed by atoms with van der Waals surface area (Å²) in [6, 6.07) is 14.3. The van der Waals surface area contributed by atoms with Crippen molar-refractivity contribution in [1.82, 2.24) is 24.8 Å². The number of anilines is 4. The lowest BCUT2D eigenvalue weighted by Crippen LogP contribution is -2.30. The zero-order valence-corrected chi connectivity index (χ0v) is 17.7. The first-order chi connectivity index (χ1) is 15.7. The van der Waals surface area contributed by atoms with Gasteiger partial charge in [0.1, 0.15) is 17.1 Å². The third kappa shape index (κ3) is 4.06. The van der Waals surface area contributed by atoms with Gasteiger partial charge in [-0.15, -0.1) is 0 Å². The van der Waals surface area contributed by atoms with Crippen LogP contribution in [-0.4, -0.2) is 39.7 Å². The van der Waals surface area contributed by atoms with Crippen LogP contribution < -0.4 is 20.7 Å². The molecule has 1 aliphatic heterocycles. The molecule has 0 spiro atoms. The van der Waals surface area contributed by atoms with Crippen LogP contribution in [0.2, 0.25) is 0 Å². The number of fused-ring (bicyclic) bond motifs is 1. The minimum atomic E-state index is -0.329. The number of nitrogens with one attached hydrogen (secondary N) is 3. The summed E-state index contributed by atoms with van der Waals surface area (Å²) in [4.78, 5) is 13.9. The summed E-state index contributed by atoms with van der Waals surface area (Å²) < 4.78 is 21.6. The molecule has 8 nitrogen and oxygen atoms in total. The molecule has 164 valence electrons. The maximum atomic E-state index is 14.3. The van der Waals surface area contributed by atoms with Crippen molar-refractivity contribution in [2.75, 3.05) is 30.8 Å². The number of halogens is 1. The van der Waals surface area contributed by atoms with Crippen LogP contribution >= 0.6 is 0 Å². The fourth-order valence-electron chi connectivity index (χ4n) is 3.94. The average molecular weight is 433 g/mol. The van der Waals surface area contributed by atoms with Gasteiger partial charge in [-0.2, -0.15) is 4.98 Å². The lowest BCUT2D eigenvalue weighted by Gasteiger charge is -2.26. The highest BCUT2D eigenvalue weighted by atomic mass is 19.1. The Balaban J connectivity index is 1.53. The molecule has 0 aliphatic carbocycles. The maximum Gasteiger partial charge on any atom is 0.229 e. The van der Waals surface area contributed by atoms with Gasteiger partial charge in [0, 0.05) is 11.7 Å². The summed E-state index contributed by atoms with van der Waals surface area (Å²) in [5.74, 6) is 1.48. The number of piperidine rings is 1. The van der Waals surface area contributed by atoms with Gasteiger partial charge < -0.3 is 20.7 Å². The summed E-state index contributed by atoms with van der Waals surface area (Å²) in [6.07, 6.45) is 3.56. The largest absolute Gasteiger partial charge is 0.497 e. The molecule has 3 heterocycles. The van der Waals surface area contributed by atoms with Crippen molar-refractivity contribution >= 4 is 34.4 Å². The van der Waals surface area contributed by atoms with Crippen LogP contribution in [-0.2, 0) is 0 Å². The predicted octanol–water partition coefficient (Wildman–Crippen LogP) is 4.39. The van der Waals surface area contributed by atoms with Crippen LogP contribution in [0.3, 0.4) is 0 Å². The highest BCUT2D eigenvalue weighted by Crippen LogP contribution is 2.31. The second-order valence-corrected chi connectivity index (χ2v) is 7.65. The van der Waals surface area contributed by atoms with Crippen molar-refractivity contribution in [2.45, 2.75) is 18.9 Å². The van der Waals surface area contributed by atoms with Crippen LogP contribution in [0.25, 0.3) is 11.2 Å². The Morgan fingerprint density at radius 1 is 1.03 bits per heavy atom. The molecule has 2 aromatic heterocycles. The fraction of sp³-hybridized carbons (Fsp3) is 0.261. The van der Waals surface area contributed by atoms with Crippen molar-refractivity contribution in [3.05, 3.63) is 60.5 Å². The summed E-state index contributed by atoms with van der Waals surface area (Å²) in [5.41, 5.74) is 2.59. The lowest BCUT2D eigenvalue weighted by molar-refractivity contribution is 0.376. The summed E-state index contributed by atoms with van der Waals surface area (Å²) >= 11 is 0. The molecule has 0 amide bonds. The number of hydrogen-bond acceptors (Lipinski definition) is 7. The van der Waals surface area contributed by atoms with E-state index in [0.717, 1.165) is 37.4 Å². The highest BCUT2D eigenvalue weighted by molar-refractivity contribution is 5.77. The minimum Gasteiger partial charge on any atom is -0.497 e. The van der Waals surface area contributed by atoms with Crippen LogP contribution in [0, 0.1) is 5.82 Å². The molecule has 5 rings (SSSR count). The van der Waals surface area contributed by atoms with E-state index in [1.807, 2.05) is 24.3 Å². The molecule has 0 saturated carbocycles. The van der Waals surface area contributed by atoms with Gasteiger partial charge in [-0.1, -0.05) is 12.1 Å². The molecule has 1 saturated heterocycles. The molecular formula is C23H24FN7O. The van der Waals surface area contributed by atoms with E-state index in [9.17, 15) is 4.39 Å². The molecule has 2 aromatic carbocycles. The Labute approximate surface area is 184 Å². The fourth-order valence-corrected chi connectivity index (χ4v) is 3.94. The van der Waals surface area contributed by atoms with Gasteiger partial charge in [0.05, 0.1) is 19.0 Å². The Morgan fingerprint density at radius 3 is 2.56 bits per heavy atom. The normalized spacial score (nSPS) is 14.4. The zero-order valence-electron chi connectivity index (χ0n) is 17.7. The molecule has 0 radical (unpaired) electrons. The van der Waals surface area contributed by atoms with Crippen LogP contribution in [0.4, 0.5) is 27.7 Å². The van der Waals surface area contributed by atoms with Crippen LogP contribution in [0.1, 0.15) is 18.9 Å². The third-order valence-corrected chi connectivity index (χ3v) is 5.57. The predicted molar refractivity (Wildman–Crippen MR) is 122 cm³/mol. The van der Waals surface area contributed by atoms with Gasteiger partial charge >= 0.3 is 0 Å². The number of aromatic nitrogens is 4. The number of ether oxygens (including phenoxy) is 1. The van der Waals surface area contributed by atoms with E-state index < -0.39 is 0 Å². The first-order valence-electron chi connectivity index (χ1n) is 10.6. The molecule has 3 N–H and O–H groups in total. The second-order valence-electron chi connectivity index (χ2n) is 7.65. The average Bonchev–Trinajstić information content (AvgIpc) is 3.19. The Morgan fingerprint density at radius 2 is 1.81 bits per heavy atom. The number of methoxy groups -OCH3 is 1. The van der Waals surface area contributed by atoms with E-state index in [2.05, 4.69) is 25.5 Å². The Hall–Kier alpha value is -3.72. The van der Waals surface area contributed by atoms with E-state index >= 15 is 0 Å². The molecule has 0 bridgehead atoms. The quantitative estimate of drug-likeness (QED) is 0.416. The number of imidazole rings is 1. The number of hydrogen-bond donors (Lipinski definition) is 3. The topological polar surface area (TPSA) is 88.9 Å². The Kier molecular flexibility index (Phi) is 5.55. The smallest absolute Gasteiger partial charge is 0.229 e. The molecule has 1 aliphatic rings. The molecule has 0 unspecified atom stereocenters. The SMILES string of the molecule is COc1ccc(Nc2ncc3nc(Nc4ccccc4F)n(C4CCNCC4)c3n2)cc1. The van der Waals surface area contributed by atoms with Gasteiger partial charge in [-0.05, 0) is 62.3 Å². The standard InChI is InChI=1S/C23H24FN7O/c1-32-17-8-6-15(7-9-17)27-22-26-14-20-21(30-22)31(16-10-12-25-13-11-16)23(29-20)28-19-5-3-2-4-18(19)24/h2-9,14,16,25H,10-13H2,1H3,(H,28,29)(H,26,27,30). The summed E-state index contributed by atoms with van der Waals surface area (Å²) in [5, 5.41) is 9.78. The first-order valence-corrected chi connectivity index (χ1v) is 10.6. The van der Waals surface area contributed by atoms with Crippen molar-refractivity contribution in [3.8, 4) is 5.75 Å². The van der Waals surface area contributed by atoms with Gasteiger partial charge in [-0.25, -0.2) is 14.4 Å². The second kappa shape index (κ2) is 8.80. The van der Waals surface area contributed by atoms with E-state index in [4.69, 9.17) is 14.7 Å². The molecule has 9 heteroatoms. The van der Waals surface area contributed by atoms with Crippen molar-refractivity contribution in [3.63, 3.8) is 0 Å². The molecular weight excluding hydrogens is 409 g/mol. The molecule has 0 atom stereocenters. The van der Waals surface area contributed by atoms with Crippen LogP contribution in [0.5, 0.6) is 5.75 Å². The lowest BCUT2D eigenvalue weighted by atomic mass is 10.1. The van der Waals surface area contributed by atoms with Gasteiger partial charge in [-0.3, -0.25) is 4.57 Å².